The van der Waals surface area contributed by atoms with Gasteiger partial charge in [0.25, 0.3) is 5.56 Å². The fourth-order valence-electron chi connectivity index (χ4n) is 5.02. The SMILES string of the molecule is CCOC(=O)C1=C(C)N=c2s/c(=C/c3cc(Br)c(OCc4ccc(Br)cc4)c(OC)c3)c(=O)n2[C@H]1c1ccc(C(C)C)cc1. The number of allylic oxidation sites excluding steroid dienone is 1. The molecule has 1 aliphatic rings. The van der Waals surface area contributed by atoms with Crippen LogP contribution in [0.1, 0.15) is 61.9 Å². The van der Waals surface area contributed by atoms with Gasteiger partial charge in [0.1, 0.15) is 6.61 Å². The first-order chi connectivity index (χ1) is 21.1. The van der Waals surface area contributed by atoms with E-state index in [2.05, 4.69) is 50.7 Å². The number of methoxy groups -OCH3 is 1. The molecule has 0 N–H and O–H groups in total. The van der Waals surface area contributed by atoms with Crippen molar-refractivity contribution in [1.29, 1.82) is 0 Å². The summed E-state index contributed by atoms with van der Waals surface area (Å²) in [7, 11) is 1.58. The van der Waals surface area contributed by atoms with Gasteiger partial charge in [-0.15, -0.1) is 0 Å². The summed E-state index contributed by atoms with van der Waals surface area (Å²) >= 11 is 8.35. The van der Waals surface area contributed by atoms with Gasteiger partial charge in [-0.3, -0.25) is 9.36 Å². The monoisotopic (exact) mass is 738 g/mol. The minimum Gasteiger partial charge on any atom is -0.493 e. The van der Waals surface area contributed by atoms with Crippen LogP contribution in [0, 0.1) is 0 Å². The van der Waals surface area contributed by atoms with Crippen molar-refractivity contribution in [3.8, 4) is 11.5 Å². The van der Waals surface area contributed by atoms with Gasteiger partial charge in [-0.25, -0.2) is 9.79 Å². The van der Waals surface area contributed by atoms with Crippen LogP contribution in [-0.4, -0.2) is 24.3 Å². The fraction of sp³-hybridized carbons (Fsp3) is 0.265. The van der Waals surface area contributed by atoms with Crippen molar-refractivity contribution in [3.63, 3.8) is 0 Å². The molecule has 2 heterocycles. The number of fused-ring (bicyclic) bond motifs is 1. The van der Waals surface area contributed by atoms with Crippen molar-refractivity contribution in [2.75, 3.05) is 13.7 Å². The third-order valence-corrected chi connectivity index (χ3v) is 9.38. The number of thiazole rings is 1. The molecule has 0 fully saturated rings. The number of carbonyl (C=O) groups excluding carboxylic acids is 1. The molecule has 5 rings (SSSR count). The smallest absolute Gasteiger partial charge is 0.338 e. The molecule has 0 bridgehead atoms. The van der Waals surface area contributed by atoms with E-state index in [1.54, 1.807) is 31.6 Å². The number of carbonyl (C=O) groups is 1. The molecule has 0 saturated carbocycles. The minimum absolute atomic E-state index is 0.221. The highest BCUT2D eigenvalue weighted by Crippen LogP contribution is 2.37. The van der Waals surface area contributed by atoms with E-state index in [1.165, 1.54) is 16.9 Å². The highest BCUT2D eigenvalue weighted by atomic mass is 79.9. The lowest BCUT2D eigenvalue weighted by Gasteiger charge is -2.25. The molecule has 10 heteroatoms. The Morgan fingerprint density at radius 1 is 1.09 bits per heavy atom. The summed E-state index contributed by atoms with van der Waals surface area (Å²) in [5.74, 6) is 0.961. The molecule has 0 saturated heterocycles. The van der Waals surface area contributed by atoms with E-state index in [9.17, 15) is 9.59 Å². The van der Waals surface area contributed by atoms with E-state index in [1.807, 2.05) is 60.7 Å². The molecule has 0 amide bonds. The molecular weight excluding hydrogens is 708 g/mol. The molecule has 0 radical (unpaired) electrons. The highest BCUT2D eigenvalue weighted by molar-refractivity contribution is 9.10. The number of benzene rings is 3. The Bertz CT molecular complexity index is 1910. The van der Waals surface area contributed by atoms with E-state index < -0.39 is 12.0 Å². The average molecular weight is 741 g/mol. The van der Waals surface area contributed by atoms with Gasteiger partial charge in [-0.1, -0.05) is 77.5 Å². The second-order valence-electron chi connectivity index (χ2n) is 10.6. The molecule has 3 aromatic carbocycles. The summed E-state index contributed by atoms with van der Waals surface area (Å²) in [6, 6.07) is 19.0. The normalized spacial score (nSPS) is 14.8. The fourth-order valence-corrected chi connectivity index (χ4v) is 6.91. The van der Waals surface area contributed by atoms with Crippen molar-refractivity contribution in [2.45, 2.75) is 46.3 Å². The molecule has 4 aromatic rings. The summed E-state index contributed by atoms with van der Waals surface area (Å²) in [6.07, 6.45) is 1.80. The molecule has 1 aliphatic heterocycles. The Balaban J connectivity index is 1.57. The Labute approximate surface area is 276 Å². The maximum absolute atomic E-state index is 14.0. The van der Waals surface area contributed by atoms with Gasteiger partial charge in [0.2, 0.25) is 0 Å². The lowest BCUT2D eigenvalue weighted by Crippen LogP contribution is -2.39. The maximum atomic E-state index is 14.0. The Hall–Kier alpha value is -3.47. The zero-order chi connectivity index (χ0) is 31.5. The van der Waals surface area contributed by atoms with E-state index in [0.29, 0.717) is 49.1 Å². The lowest BCUT2D eigenvalue weighted by molar-refractivity contribution is -0.139. The number of hydrogen-bond donors (Lipinski definition) is 0. The molecule has 1 aromatic heterocycles. The third-order valence-electron chi connectivity index (χ3n) is 7.28. The van der Waals surface area contributed by atoms with Crippen LogP contribution >= 0.6 is 43.2 Å². The Kier molecular flexibility index (Phi) is 9.92. The summed E-state index contributed by atoms with van der Waals surface area (Å²) in [5, 5.41) is 0. The van der Waals surface area contributed by atoms with Crippen molar-refractivity contribution in [2.24, 2.45) is 4.99 Å². The molecular formula is C34H32Br2N2O5S. The topological polar surface area (TPSA) is 79.1 Å². The predicted molar refractivity (Wildman–Crippen MR) is 180 cm³/mol. The van der Waals surface area contributed by atoms with Crippen molar-refractivity contribution in [3.05, 3.63) is 123 Å². The van der Waals surface area contributed by atoms with Gasteiger partial charge in [0.05, 0.1) is 40.0 Å². The van der Waals surface area contributed by atoms with Crippen LogP contribution in [0.5, 0.6) is 11.5 Å². The zero-order valence-electron chi connectivity index (χ0n) is 25.0. The highest BCUT2D eigenvalue weighted by Gasteiger charge is 2.33. The van der Waals surface area contributed by atoms with Crippen molar-refractivity contribution < 1.29 is 19.0 Å². The number of nitrogens with zero attached hydrogens (tertiary/aromatic N) is 2. The molecule has 44 heavy (non-hydrogen) atoms. The molecule has 1 atom stereocenters. The van der Waals surface area contributed by atoms with E-state index in [4.69, 9.17) is 14.2 Å². The van der Waals surface area contributed by atoms with Gasteiger partial charge in [-0.05, 0) is 88.3 Å². The number of rotatable bonds is 9. The van der Waals surface area contributed by atoms with Crippen LogP contribution < -0.4 is 24.4 Å². The van der Waals surface area contributed by atoms with E-state index in [-0.39, 0.29) is 12.2 Å². The zero-order valence-corrected chi connectivity index (χ0v) is 29.0. The van der Waals surface area contributed by atoms with Crippen LogP contribution in [0.3, 0.4) is 0 Å². The lowest BCUT2D eigenvalue weighted by atomic mass is 9.93. The van der Waals surface area contributed by atoms with E-state index in [0.717, 1.165) is 21.2 Å². The summed E-state index contributed by atoms with van der Waals surface area (Å²) in [4.78, 5) is 32.4. The number of hydrogen-bond acceptors (Lipinski definition) is 7. The van der Waals surface area contributed by atoms with Crippen LogP contribution in [-0.2, 0) is 16.1 Å². The van der Waals surface area contributed by atoms with Crippen LogP contribution in [0.15, 0.2) is 90.7 Å². The molecule has 0 aliphatic carbocycles. The summed E-state index contributed by atoms with van der Waals surface area (Å²) < 4.78 is 20.9. The first-order valence-electron chi connectivity index (χ1n) is 14.2. The standard InChI is InChI=1S/C34H32Br2N2O5S/c1-6-42-33(40)29-20(4)37-34-38(30(29)24-11-9-23(10-12-24)19(2)3)32(39)28(44-34)17-22-15-26(36)31(27(16-22)41-5)43-18-21-7-13-25(35)14-8-21/h7-17,19,30H,6,18H2,1-5H3/b28-17+/t30-/m0/s1. The van der Waals surface area contributed by atoms with Crippen molar-refractivity contribution >= 4 is 55.2 Å². The minimum atomic E-state index is -0.663. The summed E-state index contributed by atoms with van der Waals surface area (Å²) in [5.41, 5.74) is 4.39. The molecule has 0 unspecified atom stereocenters. The quantitative estimate of drug-likeness (QED) is 0.172. The van der Waals surface area contributed by atoms with E-state index >= 15 is 0 Å². The van der Waals surface area contributed by atoms with Crippen LogP contribution in [0.2, 0.25) is 0 Å². The summed E-state index contributed by atoms with van der Waals surface area (Å²) in [6.45, 7) is 8.38. The number of aromatic nitrogens is 1. The average Bonchev–Trinajstić information content (AvgIpc) is 3.30. The first kappa shape index (κ1) is 31.9. The number of ether oxygens (including phenoxy) is 3. The van der Waals surface area contributed by atoms with Gasteiger partial charge in [-0.2, -0.15) is 0 Å². The first-order valence-corrected chi connectivity index (χ1v) is 16.6. The Morgan fingerprint density at radius 2 is 1.80 bits per heavy atom. The molecule has 7 nitrogen and oxygen atoms in total. The van der Waals surface area contributed by atoms with Gasteiger partial charge >= 0.3 is 5.97 Å². The number of esters is 1. The predicted octanol–water partition coefficient (Wildman–Crippen LogP) is 7.03. The van der Waals surface area contributed by atoms with Crippen LogP contribution in [0.25, 0.3) is 6.08 Å². The van der Waals surface area contributed by atoms with Gasteiger partial charge in [0.15, 0.2) is 16.3 Å². The Morgan fingerprint density at radius 3 is 2.43 bits per heavy atom. The second-order valence-corrected chi connectivity index (χ2v) is 13.4. The molecule has 228 valence electrons. The third kappa shape index (κ3) is 6.62. The second kappa shape index (κ2) is 13.7. The van der Waals surface area contributed by atoms with Gasteiger partial charge in [0, 0.05) is 4.47 Å². The largest absolute Gasteiger partial charge is 0.493 e. The maximum Gasteiger partial charge on any atom is 0.338 e. The van der Waals surface area contributed by atoms with Gasteiger partial charge < -0.3 is 14.2 Å². The number of halogens is 2. The van der Waals surface area contributed by atoms with Crippen molar-refractivity contribution in [1.82, 2.24) is 4.57 Å². The molecule has 0 spiro atoms. The van der Waals surface area contributed by atoms with Crippen LogP contribution in [0.4, 0.5) is 0 Å².